The number of allylic oxidation sites excluding steroid dienone is 2. The number of piperidine rings is 1. The second kappa shape index (κ2) is 11.3. The fourth-order valence-corrected chi connectivity index (χ4v) is 6.87. The molecule has 2 aliphatic heterocycles. The summed E-state index contributed by atoms with van der Waals surface area (Å²) in [5, 5.41) is 12.0. The van der Waals surface area contributed by atoms with Gasteiger partial charge in [0.25, 0.3) is 5.91 Å². The van der Waals surface area contributed by atoms with E-state index in [1.807, 2.05) is 47.4 Å². The van der Waals surface area contributed by atoms with E-state index in [4.69, 9.17) is 0 Å². The number of carbonyl (C=O) groups is 1. The SMILES string of the molecule is CN(C)C1CCN(c2ccc(C3=CC4=CC(C=C3)CN(C(c3cc5ccccc5[nH]3)c3ccccc3O)C4=O)cc2)CC1. The maximum atomic E-state index is 14.2. The van der Waals surface area contributed by atoms with Crippen molar-refractivity contribution >= 4 is 28.1 Å². The zero-order valence-corrected chi connectivity index (χ0v) is 24.8. The minimum atomic E-state index is -0.452. The molecule has 4 aromatic rings. The number of nitrogens with one attached hydrogen (secondary N) is 1. The number of hydrogen-bond donors (Lipinski definition) is 2. The number of nitrogens with zero attached hydrogens (tertiary/aromatic N) is 3. The van der Waals surface area contributed by atoms with Crippen molar-refractivity contribution in [3.8, 4) is 5.75 Å². The van der Waals surface area contributed by atoms with Gasteiger partial charge in [-0.2, -0.15) is 0 Å². The zero-order chi connectivity index (χ0) is 29.5. The number of fused-ring (bicyclic) bond motifs is 2. The number of benzene rings is 3. The van der Waals surface area contributed by atoms with Crippen LogP contribution in [0.15, 0.2) is 109 Å². The molecule has 0 saturated carbocycles. The fraction of sp³-hybridized carbons (Fsp3) is 0.270. The molecule has 3 heterocycles. The first-order valence-electron chi connectivity index (χ1n) is 15.2. The molecule has 1 amide bonds. The highest BCUT2D eigenvalue weighted by Gasteiger charge is 2.35. The molecular weight excluding hydrogens is 532 g/mol. The van der Waals surface area contributed by atoms with Crippen LogP contribution in [0.4, 0.5) is 5.69 Å². The Hall–Kier alpha value is -4.55. The molecule has 2 N–H and O–H groups in total. The number of aromatic nitrogens is 1. The smallest absolute Gasteiger partial charge is 0.254 e. The number of anilines is 1. The van der Waals surface area contributed by atoms with Crippen LogP contribution < -0.4 is 4.90 Å². The van der Waals surface area contributed by atoms with Crippen molar-refractivity contribution in [2.45, 2.75) is 24.9 Å². The van der Waals surface area contributed by atoms with Gasteiger partial charge in [-0.3, -0.25) is 4.79 Å². The van der Waals surface area contributed by atoms with Crippen molar-refractivity contribution in [1.82, 2.24) is 14.8 Å². The lowest BCUT2D eigenvalue weighted by Gasteiger charge is -2.36. The molecule has 0 spiro atoms. The Kier molecular flexibility index (Phi) is 7.15. The topological polar surface area (TPSA) is 62.8 Å². The summed E-state index contributed by atoms with van der Waals surface area (Å²) in [5.74, 6) is 0.209. The number of phenolic OH excluding ortho intramolecular Hbond substituents is 1. The van der Waals surface area contributed by atoms with Gasteiger partial charge in [0, 0.05) is 59.6 Å². The van der Waals surface area contributed by atoms with E-state index in [1.165, 1.54) is 18.5 Å². The van der Waals surface area contributed by atoms with Crippen molar-refractivity contribution in [2.24, 2.45) is 5.92 Å². The maximum absolute atomic E-state index is 14.2. The average Bonchev–Trinajstić information content (AvgIpc) is 3.36. The molecule has 1 aromatic heterocycles. The van der Waals surface area contributed by atoms with Crippen LogP contribution in [0.1, 0.15) is 35.7 Å². The maximum Gasteiger partial charge on any atom is 0.254 e. The summed E-state index contributed by atoms with van der Waals surface area (Å²) in [6.07, 6.45) is 10.8. The van der Waals surface area contributed by atoms with Crippen molar-refractivity contribution < 1.29 is 9.90 Å². The third-order valence-electron chi connectivity index (χ3n) is 9.29. The van der Waals surface area contributed by atoms with Gasteiger partial charge in [0.15, 0.2) is 0 Å². The summed E-state index contributed by atoms with van der Waals surface area (Å²) in [5.41, 5.74) is 6.67. The highest BCUT2D eigenvalue weighted by atomic mass is 16.3. The number of rotatable bonds is 6. The highest BCUT2D eigenvalue weighted by Crippen LogP contribution is 2.39. The molecule has 2 atom stereocenters. The molecule has 1 aliphatic carbocycles. The molecule has 6 heteroatoms. The first-order valence-corrected chi connectivity index (χ1v) is 15.2. The summed E-state index contributed by atoms with van der Waals surface area (Å²) in [6, 6.07) is 26.5. The van der Waals surface area contributed by atoms with Crippen LogP contribution in [-0.2, 0) is 4.79 Å². The summed E-state index contributed by atoms with van der Waals surface area (Å²) in [7, 11) is 4.34. The van der Waals surface area contributed by atoms with Gasteiger partial charge in [0.1, 0.15) is 11.8 Å². The van der Waals surface area contributed by atoms with Crippen LogP contribution in [-0.4, -0.2) is 65.6 Å². The molecule has 43 heavy (non-hydrogen) atoms. The zero-order valence-electron chi connectivity index (χ0n) is 24.8. The molecule has 1 saturated heterocycles. The van der Waals surface area contributed by atoms with Crippen LogP contribution in [0.25, 0.3) is 16.5 Å². The Morgan fingerprint density at radius 1 is 0.930 bits per heavy atom. The summed E-state index contributed by atoms with van der Waals surface area (Å²) >= 11 is 0. The van der Waals surface area contributed by atoms with E-state index in [1.54, 1.807) is 6.07 Å². The second-order valence-electron chi connectivity index (χ2n) is 12.2. The van der Waals surface area contributed by atoms with Gasteiger partial charge in [0.2, 0.25) is 0 Å². The Labute approximate surface area is 253 Å². The van der Waals surface area contributed by atoms with E-state index >= 15 is 0 Å². The van der Waals surface area contributed by atoms with Crippen molar-refractivity contribution in [1.29, 1.82) is 0 Å². The normalized spacial score (nSPS) is 19.9. The number of hydrogen-bond acceptors (Lipinski definition) is 4. The first-order chi connectivity index (χ1) is 20.9. The van der Waals surface area contributed by atoms with Crippen LogP contribution in [0.3, 0.4) is 0 Å². The number of carbonyl (C=O) groups excluding carboxylic acids is 1. The van der Waals surface area contributed by atoms with E-state index < -0.39 is 6.04 Å². The lowest BCUT2D eigenvalue weighted by Crippen LogP contribution is -2.42. The molecule has 218 valence electrons. The van der Waals surface area contributed by atoms with E-state index in [0.717, 1.165) is 40.8 Å². The van der Waals surface area contributed by atoms with Gasteiger partial charge in [-0.1, -0.05) is 66.8 Å². The van der Waals surface area contributed by atoms with Gasteiger partial charge in [-0.15, -0.1) is 0 Å². The van der Waals surface area contributed by atoms with Gasteiger partial charge in [0.05, 0.1) is 0 Å². The lowest BCUT2D eigenvalue weighted by molar-refractivity contribution is -0.129. The molecule has 7 rings (SSSR count). The molecule has 3 aliphatic rings. The first kappa shape index (κ1) is 27.3. The number of amides is 1. The third-order valence-corrected chi connectivity index (χ3v) is 9.29. The van der Waals surface area contributed by atoms with Gasteiger partial charge >= 0.3 is 0 Å². The molecule has 1 fully saturated rings. The molecule has 0 radical (unpaired) electrons. The Bertz CT molecular complexity index is 1700. The van der Waals surface area contributed by atoms with E-state index in [-0.39, 0.29) is 17.6 Å². The Balaban J connectivity index is 1.17. The predicted octanol–water partition coefficient (Wildman–Crippen LogP) is 6.53. The summed E-state index contributed by atoms with van der Waals surface area (Å²) < 4.78 is 0. The molecule has 2 bridgehead atoms. The van der Waals surface area contributed by atoms with E-state index in [2.05, 4.69) is 83.5 Å². The minimum absolute atomic E-state index is 0.0373. The largest absolute Gasteiger partial charge is 0.508 e. The molecule has 2 unspecified atom stereocenters. The van der Waals surface area contributed by atoms with Crippen LogP contribution >= 0.6 is 0 Å². The molecule has 6 nitrogen and oxygen atoms in total. The van der Waals surface area contributed by atoms with Gasteiger partial charge in [-0.25, -0.2) is 0 Å². The van der Waals surface area contributed by atoms with Gasteiger partial charge < -0.3 is 24.8 Å². The van der Waals surface area contributed by atoms with Crippen molar-refractivity contribution in [3.05, 3.63) is 126 Å². The summed E-state index contributed by atoms with van der Waals surface area (Å²) in [6.45, 7) is 2.66. The van der Waals surface area contributed by atoms with E-state index in [9.17, 15) is 9.90 Å². The predicted molar refractivity (Wildman–Crippen MR) is 174 cm³/mol. The quantitative estimate of drug-likeness (QED) is 0.277. The van der Waals surface area contributed by atoms with Gasteiger partial charge in [-0.05, 0) is 79.9 Å². The Morgan fingerprint density at radius 2 is 1.67 bits per heavy atom. The van der Waals surface area contributed by atoms with Crippen LogP contribution in [0.5, 0.6) is 5.75 Å². The standard InChI is InChI=1S/C37H38N4O2/c1-39(2)30-17-19-40(20-18-30)31-15-13-26(14-16-31)27-12-11-25-21-29(22-27)37(43)41(24-25)36(32-8-4-6-10-35(32)42)34-23-28-7-3-5-9-33(28)38-34/h3-16,21-23,25,30,36,38,42H,17-20,24H2,1-2H3. The monoisotopic (exact) mass is 570 g/mol. The number of phenols is 1. The highest BCUT2D eigenvalue weighted by molar-refractivity contribution is 6.01. The molecule has 3 aromatic carbocycles. The number of para-hydroxylation sites is 2. The number of H-pyrrole nitrogens is 1. The molecular formula is C37H38N4O2. The van der Waals surface area contributed by atoms with E-state index in [0.29, 0.717) is 23.7 Å². The van der Waals surface area contributed by atoms with Crippen LogP contribution in [0.2, 0.25) is 0 Å². The fourth-order valence-electron chi connectivity index (χ4n) is 6.87. The second-order valence-corrected chi connectivity index (χ2v) is 12.2. The average molecular weight is 571 g/mol. The van der Waals surface area contributed by atoms with Crippen LogP contribution in [0, 0.1) is 5.92 Å². The Morgan fingerprint density at radius 3 is 2.42 bits per heavy atom. The summed E-state index contributed by atoms with van der Waals surface area (Å²) in [4.78, 5) is 24.4. The lowest BCUT2D eigenvalue weighted by atomic mass is 9.93. The number of aromatic hydroxyl groups is 1. The van der Waals surface area contributed by atoms with Crippen molar-refractivity contribution in [2.75, 3.05) is 38.6 Å². The third kappa shape index (κ3) is 5.28. The minimum Gasteiger partial charge on any atom is -0.508 e. The van der Waals surface area contributed by atoms with Crippen molar-refractivity contribution in [3.63, 3.8) is 0 Å². The number of aromatic amines is 1.